The fourth-order valence-corrected chi connectivity index (χ4v) is 2.75. The first-order chi connectivity index (χ1) is 10.7. The average molecular weight is 300 g/mol. The van der Waals surface area contributed by atoms with Crippen molar-refractivity contribution in [3.05, 3.63) is 24.5 Å². The van der Waals surface area contributed by atoms with Gasteiger partial charge in [-0.25, -0.2) is 4.98 Å². The number of imidazole rings is 1. The van der Waals surface area contributed by atoms with Gasteiger partial charge in [0.2, 0.25) is 0 Å². The molecule has 0 unspecified atom stereocenters. The van der Waals surface area contributed by atoms with Crippen LogP contribution < -0.4 is 5.32 Å². The molecule has 1 aliphatic carbocycles. The van der Waals surface area contributed by atoms with E-state index < -0.39 is 0 Å². The first kappa shape index (κ1) is 15.0. The smallest absolute Gasteiger partial charge is 0.160 e. The number of aromatic nitrogens is 4. The summed E-state index contributed by atoms with van der Waals surface area (Å²) in [5.74, 6) is 1.69. The van der Waals surface area contributed by atoms with E-state index in [0.29, 0.717) is 0 Å². The third-order valence-corrected chi connectivity index (χ3v) is 4.38. The Bertz CT molecular complexity index is 610. The Kier molecular flexibility index (Phi) is 4.11. The minimum absolute atomic E-state index is 0.186. The predicted octanol–water partition coefficient (Wildman–Crippen LogP) is 2.16. The van der Waals surface area contributed by atoms with E-state index in [9.17, 15) is 0 Å². The summed E-state index contributed by atoms with van der Waals surface area (Å²) in [6.45, 7) is 7.66. The van der Waals surface area contributed by atoms with E-state index in [4.69, 9.17) is 0 Å². The molecule has 22 heavy (non-hydrogen) atoms. The van der Waals surface area contributed by atoms with Gasteiger partial charge in [-0.1, -0.05) is 13.8 Å². The maximum atomic E-state index is 4.33. The molecule has 0 aliphatic heterocycles. The zero-order valence-corrected chi connectivity index (χ0v) is 13.6. The van der Waals surface area contributed by atoms with Crippen LogP contribution in [0.2, 0.25) is 0 Å². The van der Waals surface area contributed by atoms with Gasteiger partial charge in [0.15, 0.2) is 5.82 Å². The van der Waals surface area contributed by atoms with Crippen molar-refractivity contribution in [1.82, 2.24) is 24.6 Å². The van der Waals surface area contributed by atoms with Gasteiger partial charge in [-0.3, -0.25) is 0 Å². The van der Waals surface area contributed by atoms with Crippen molar-refractivity contribution >= 4 is 5.82 Å². The van der Waals surface area contributed by atoms with Gasteiger partial charge in [0.1, 0.15) is 11.5 Å². The summed E-state index contributed by atoms with van der Waals surface area (Å²) in [4.78, 5) is 6.75. The van der Waals surface area contributed by atoms with Gasteiger partial charge in [-0.2, -0.15) is 0 Å². The normalized spacial score (nSPS) is 16.0. The summed E-state index contributed by atoms with van der Waals surface area (Å²) in [7, 11) is 1.96. The highest BCUT2D eigenvalue weighted by atomic mass is 15.2. The van der Waals surface area contributed by atoms with Crippen LogP contribution in [0.1, 0.15) is 26.7 Å². The lowest BCUT2D eigenvalue weighted by atomic mass is 10.2. The largest absolute Gasteiger partial charge is 0.362 e. The van der Waals surface area contributed by atoms with Gasteiger partial charge in [0, 0.05) is 26.0 Å². The van der Waals surface area contributed by atoms with E-state index >= 15 is 0 Å². The molecule has 0 spiro atoms. The van der Waals surface area contributed by atoms with E-state index in [0.717, 1.165) is 37.0 Å². The Labute approximate surface area is 131 Å². The van der Waals surface area contributed by atoms with Crippen LogP contribution in [0, 0.1) is 0 Å². The van der Waals surface area contributed by atoms with Gasteiger partial charge in [0.25, 0.3) is 0 Å². The van der Waals surface area contributed by atoms with Crippen molar-refractivity contribution in [3.63, 3.8) is 0 Å². The van der Waals surface area contributed by atoms with E-state index in [2.05, 4.69) is 39.2 Å². The number of nitrogens with one attached hydrogen (secondary N) is 1. The minimum Gasteiger partial charge on any atom is -0.362 e. The van der Waals surface area contributed by atoms with Crippen LogP contribution in [0.25, 0.3) is 11.5 Å². The van der Waals surface area contributed by atoms with Gasteiger partial charge in [-0.15, -0.1) is 10.2 Å². The molecule has 3 rings (SSSR count). The standard InChI is InChI=1S/C16H24N6/c1-4-22(5-2)12-16(8-9-16)18-14-7-6-13(19-20-14)15-17-10-11-21(15)3/h6-7,10-11H,4-5,8-9,12H2,1-3H3,(H,18,20). The summed E-state index contributed by atoms with van der Waals surface area (Å²) < 4.78 is 1.94. The molecule has 1 fully saturated rings. The lowest BCUT2D eigenvalue weighted by molar-refractivity contribution is 0.283. The Morgan fingerprint density at radius 3 is 2.50 bits per heavy atom. The maximum absolute atomic E-state index is 4.33. The second kappa shape index (κ2) is 6.04. The number of hydrogen-bond donors (Lipinski definition) is 1. The maximum Gasteiger partial charge on any atom is 0.160 e. The molecule has 1 N–H and O–H groups in total. The van der Waals surface area contributed by atoms with Crippen molar-refractivity contribution < 1.29 is 0 Å². The van der Waals surface area contributed by atoms with Gasteiger partial charge in [0.05, 0.1) is 5.54 Å². The van der Waals surface area contributed by atoms with Gasteiger partial charge >= 0.3 is 0 Å². The summed E-state index contributed by atoms with van der Waals surface area (Å²) in [5, 5.41) is 12.2. The van der Waals surface area contributed by atoms with Gasteiger partial charge < -0.3 is 14.8 Å². The molecule has 0 saturated heterocycles. The monoisotopic (exact) mass is 300 g/mol. The number of anilines is 1. The number of aryl methyl sites for hydroxylation is 1. The molecule has 0 aromatic carbocycles. The van der Waals surface area contributed by atoms with E-state index in [1.165, 1.54) is 12.8 Å². The van der Waals surface area contributed by atoms with Crippen LogP contribution in [0.3, 0.4) is 0 Å². The Hall–Kier alpha value is -1.95. The highest BCUT2D eigenvalue weighted by Crippen LogP contribution is 2.39. The molecule has 6 heteroatoms. The van der Waals surface area contributed by atoms with E-state index in [1.807, 2.05) is 29.9 Å². The van der Waals surface area contributed by atoms with Crippen LogP contribution in [-0.4, -0.2) is 49.8 Å². The molecule has 0 atom stereocenters. The number of rotatable bonds is 7. The molecule has 1 saturated carbocycles. The summed E-state index contributed by atoms with van der Waals surface area (Å²) in [6.07, 6.45) is 6.08. The molecule has 0 bridgehead atoms. The topological polar surface area (TPSA) is 58.9 Å². The van der Waals surface area contributed by atoms with E-state index in [1.54, 1.807) is 6.20 Å². The summed E-state index contributed by atoms with van der Waals surface area (Å²) >= 11 is 0. The molecule has 118 valence electrons. The molecular weight excluding hydrogens is 276 g/mol. The number of likely N-dealkylation sites (N-methyl/N-ethyl adjacent to an activating group) is 1. The molecule has 2 aromatic rings. The number of nitrogens with zero attached hydrogens (tertiary/aromatic N) is 5. The average Bonchev–Trinajstić information content (AvgIpc) is 3.16. The third kappa shape index (κ3) is 3.11. The van der Waals surface area contributed by atoms with Crippen molar-refractivity contribution in [3.8, 4) is 11.5 Å². The highest BCUT2D eigenvalue weighted by Gasteiger charge is 2.43. The minimum atomic E-state index is 0.186. The first-order valence-electron chi connectivity index (χ1n) is 7.98. The summed E-state index contributed by atoms with van der Waals surface area (Å²) in [5.41, 5.74) is 0.984. The van der Waals surface area contributed by atoms with Crippen LogP contribution in [-0.2, 0) is 7.05 Å². The second-order valence-electron chi connectivity index (χ2n) is 6.03. The van der Waals surface area contributed by atoms with Crippen molar-refractivity contribution in [2.24, 2.45) is 7.05 Å². The van der Waals surface area contributed by atoms with Crippen LogP contribution >= 0.6 is 0 Å². The highest BCUT2D eigenvalue weighted by molar-refractivity contribution is 5.52. The molecule has 0 radical (unpaired) electrons. The zero-order valence-electron chi connectivity index (χ0n) is 13.6. The first-order valence-corrected chi connectivity index (χ1v) is 7.98. The Morgan fingerprint density at radius 1 is 1.23 bits per heavy atom. The van der Waals surface area contributed by atoms with Crippen LogP contribution in [0.5, 0.6) is 0 Å². The van der Waals surface area contributed by atoms with Crippen LogP contribution in [0.4, 0.5) is 5.82 Å². The summed E-state index contributed by atoms with van der Waals surface area (Å²) in [6, 6.07) is 3.98. The number of hydrogen-bond acceptors (Lipinski definition) is 5. The Morgan fingerprint density at radius 2 is 2.00 bits per heavy atom. The van der Waals surface area contributed by atoms with Crippen LogP contribution in [0.15, 0.2) is 24.5 Å². The lowest BCUT2D eigenvalue weighted by Gasteiger charge is -2.26. The SMILES string of the molecule is CCN(CC)CC1(Nc2ccc(-c3nccn3C)nn2)CC1. The quantitative estimate of drug-likeness (QED) is 0.849. The fourth-order valence-electron chi connectivity index (χ4n) is 2.75. The van der Waals surface area contributed by atoms with Crippen molar-refractivity contribution in [2.75, 3.05) is 25.0 Å². The van der Waals surface area contributed by atoms with Crippen molar-refractivity contribution in [1.29, 1.82) is 0 Å². The second-order valence-corrected chi connectivity index (χ2v) is 6.03. The Balaban J connectivity index is 1.68. The molecule has 1 aliphatic rings. The third-order valence-electron chi connectivity index (χ3n) is 4.38. The predicted molar refractivity (Wildman–Crippen MR) is 87.6 cm³/mol. The van der Waals surface area contributed by atoms with Gasteiger partial charge in [-0.05, 0) is 38.1 Å². The zero-order chi connectivity index (χ0) is 15.6. The fraction of sp³-hybridized carbons (Fsp3) is 0.562. The molecule has 6 nitrogen and oxygen atoms in total. The molecule has 2 aromatic heterocycles. The van der Waals surface area contributed by atoms with Crippen molar-refractivity contribution in [2.45, 2.75) is 32.2 Å². The lowest BCUT2D eigenvalue weighted by Crippen LogP contribution is -2.38. The molecular formula is C16H24N6. The van der Waals surface area contributed by atoms with E-state index in [-0.39, 0.29) is 5.54 Å². The molecule has 0 amide bonds. The molecule has 2 heterocycles.